The van der Waals surface area contributed by atoms with Crippen LogP contribution in [0, 0.1) is 0 Å². The molecule has 0 aliphatic heterocycles. The van der Waals surface area contributed by atoms with E-state index >= 15 is 0 Å². The molecule has 6 heteroatoms. The number of benzene rings is 2. The average Bonchev–Trinajstić information content (AvgIpc) is 2.55. The Morgan fingerprint density at radius 2 is 1.70 bits per heavy atom. The highest BCUT2D eigenvalue weighted by molar-refractivity contribution is 6.42. The molecule has 0 saturated heterocycles. The molecule has 23 heavy (non-hydrogen) atoms. The number of esters is 1. The van der Waals surface area contributed by atoms with Gasteiger partial charge < -0.3 is 4.74 Å². The fourth-order valence-electron chi connectivity index (χ4n) is 2.19. The van der Waals surface area contributed by atoms with Gasteiger partial charge in [0, 0.05) is 17.0 Å². The smallest absolute Gasteiger partial charge is 0.313 e. The quantitative estimate of drug-likeness (QED) is 0.537. The Balaban J connectivity index is 2.33. The predicted molar refractivity (Wildman–Crippen MR) is 91.6 cm³/mol. The summed E-state index contributed by atoms with van der Waals surface area (Å²) >= 11 is 18.0. The second-order valence-electron chi connectivity index (χ2n) is 4.85. The number of ether oxygens (including phenoxy) is 1. The zero-order valence-corrected chi connectivity index (χ0v) is 14.5. The SMILES string of the molecule is COC(=O)C(CC(=O)c1ccc(Cl)cc1)c1cccc(Cl)c1Cl. The number of halogens is 3. The molecule has 0 radical (unpaired) electrons. The Hall–Kier alpha value is -1.55. The summed E-state index contributed by atoms with van der Waals surface area (Å²) in [6.45, 7) is 0. The molecular formula is C17H13Cl3O3. The number of carbonyl (C=O) groups is 2. The molecule has 0 aliphatic carbocycles. The largest absolute Gasteiger partial charge is 0.469 e. The minimum absolute atomic E-state index is 0.0750. The van der Waals surface area contributed by atoms with Gasteiger partial charge in [-0.15, -0.1) is 0 Å². The first-order valence-corrected chi connectivity index (χ1v) is 7.88. The van der Waals surface area contributed by atoms with Crippen LogP contribution in [0.1, 0.15) is 28.3 Å². The fourth-order valence-corrected chi connectivity index (χ4v) is 2.76. The van der Waals surface area contributed by atoms with Gasteiger partial charge in [0.15, 0.2) is 5.78 Å². The minimum atomic E-state index is -0.825. The molecule has 2 rings (SSSR count). The van der Waals surface area contributed by atoms with E-state index in [1.54, 1.807) is 42.5 Å². The predicted octanol–water partition coefficient (Wildman–Crippen LogP) is 5.18. The van der Waals surface area contributed by atoms with Gasteiger partial charge in [-0.05, 0) is 35.9 Å². The molecule has 2 aromatic rings. The maximum absolute atomic E-state index is 12.4. The normalized spacial score (nSPS) is 11.8. The molecule has 0 amide bonds. The number of rotatable bonds is 5. The molecule has 120 valence electrons. The zero-order chi connectivity index (χ0) is 17.0. The third kappa shape index (κ3) is 4.25. The number of hydrogen-bond donors (Lipinski definition) is 0. The zero-order valence-electron chi connectivity index (χ0n) is 12.2. The molecule has 0 N–H and O–H groups in total. The molecule has 0 saturated carbocycles. The number of ketones is 1. The van der Waals surface area contributed by atoms with Gasteiger partial charge in [0.25, 0.3) is 0 Å². The number of Topliss-reactive ketones (excluding diaryl/α,β-unsaturated/α-hetero) is 1. The third-order valence-corrected chi connectivity index (χ3v) is 4.48. The van der Waals surface area contributed by atoms with Crippen molar-refractivity contribution in [1.29, 1.82) is 0 Å². The fraction of sp³-hybridized carbons (Fsp3) is 0.176. The molecule has 0 fully saturated rings. The van der Waals surface area contributed by atoms with E-state index in [9.17, 15) is 9.59 Å². The number of hydrogen-bond acceptors (Lipinski definition) is 3. The Labute approximate surface area is 149 Å². The van der Waals surface area contributed by atoms with Gasteiger partial charge >= 0.3 is 5.97 Å². The van der Waals surface area contributed by atoms with Crippen LogP contribution in [-0.2, 0) is 9.53 Å². The van der Waals surface area contributed by atoms with E-state index in [1.807, 2.05) is 0 Å². The molecule has 1 atom stereocenters. The van der Waals surface area contributed by atoms with Crippen molar-refractivity contribution in [2.24, 2.45) is 0 Å². The second kappa shape index (κ2) is 7.82. The first kappa shape index (κ1) is 17.8. The number of methoxy groups -OCH3 is 1. The highest BCUT2D eigenvalue weighted by Crippen LogP contribution is 2.34. The summed E-state index contributed by atoms with van der Waals surface area (Å²) in [5, 5.41) is 1.09. The van der Waals surface area contributed by atoms with Crippen molar-refractivity contribution in [3.63, 3.8) is 0 Å². The molecule has 0 spiro atoms. The van der Waals surface area contributed by atoms with Crippen molar-refractivity contribution in [3.05, 3.63) is 68.7 Å². The van der Waals surface area contributed by atoms with Crippen molar-refractivity contribution in [3.8, 4) is 0 Å². The standard InChI is InChI=1S/C17H13Cl3O3/c1-23-17(22)13(12-3-2-4-14(19)16(12)20)9-15(21)10-5-7-11(18)8-6-10/h2-8,13H,9H2,1H3. The van der Waals surface area contributed by atoms with Crippen LogP contribution in [-0.4, -0.2) is 18.9 Å². The summed E-state index contributed by atoms with van der Waals surface area (Å²) in [7, 11) is 1.26. The molecule has 0 heterocycles. The van der Waals surface area contributed by atoms with Crippen LogP contribution in [0.2, 0.25) is 15.1 Å². The highest BCUT2D eigenvalue weighted by Gasteiger charge is 2.27. The van der Waals surface area contributed by atoms with Crippen LogP contribution in [0.4, 0.5) is 0 Å². The maximum Gasteiger partial charge on any atom is 0.313 e. The Morgan fingerprint density at radius 1 is 1.04 bits per heavy atom. The lowest BCUT2D eigenvalue weighted by Crippen LogP contribution is -2.18. The van der Waals surface area contributed by atoms with Gasteiger partial charge in [0.2, 0.25) is 0 Å². The van der Waals surface area contributed by atoms with Crippen molar-refractivity contribution < 1.29 is 14.3 Å². The van der Waals surface area contributed by atoms with Gasteiger partial charge in [0.1, 0.15) is 0 Å². The van der Waals surface area contributed by atoms with Crippen molar-refractivity contribution in [2.45, 2.75) is 12.3 Å². The van der Waals surface area contributed by atoms with E-state index < -0.39 is 11.9 Å². The van der Waals surface area contributed by atoms with Gasteiger partial charge in [-0.1, -0.05) is 46.9 Å². The molecule has 1 unspecified atom stereocenters. The Kier molecular flexibility index (Phi) is 6.05. The number of carbonyl (C=O) groups excluding carboxylic acids is 2. The van der Waals surface area contributed by atoms with Gasteiger partial charge in [-0.25, -0.2) is 0 Å². The summed E-state index contributed by atoms with van der Waals surface area (Å²) < 4.78 is 4.80. The van der Waals surface area contributed by atoms with E-state index in [-0.39, 0.29) is 17.2 Å². The maximum atomic E-state index is 12.4. The second-order valence-corrected chi connectivity index (χ2v) is 6.07. The Morgan fingerprint density at radius 3 is 2.30 bits per heavy atom. The molecule has 3 nitrogen and oxygen atoms in total. The lowest BCUT2D eigenvalue weighted by atomic mass is 9.91. The van der Waals surface area contributed by atoms with Crippen LogP contribution >= 0.6 is 34.8 Å². The van der Waals surface area contributed by atoms with Crippen LogP contribution in [0.15, 0.2) is 42.5 Å². The van der Waals surface area contributed by atoms with Crippen LogP contribution in [0.5, 0.6) is 0 Å². The first-order chi connectivity index (χ1) is 10.9. The van der Waals surface area contributed by atoms with E-state index in [0.717, 1.165) is 0 Å². The van der Waals surface area contributed by atoms with Gasteiger partial charge in [-0.2, -0.15) is 0 Å². The van der Waals surface area contributed by atoms with Crippen molar-refractivity contribution >= 4 is 46.6 Å². The van der Waals surface area contributed by atoms with Crippen LogP contribution in [0.3, 0.4) is 0 Å². The minimum Gasteiger partial charge on any atom is -0.469 e. The molecule has 0 aromatic heterocycles. The molecule has 0 bridgehead atoms. The van der Waals surface area contributed by atoms with Crippen LogP contribution in [0.25, 0.3) is 0 Å². The van der Waals surface area contributed by atoms with Gasteiger partial charge in [-0.3, -0.25) is 9.59 Å². The first-order valence-electron chi connectivity index (χ1n) is 6.74. The highest BCUT2D eigenvalue weighted by atomic mass is 35.5. The van der Waals surface area contributed by atoms with E-state index in [4.69, 9.17) is 39.5 Å². The van der Waals surface area contributed by atoms with Crippen LogP contribution < -0.4 is 0 Å². The lowest BCUT2D eigenvalue weighted by molar-refractivity contribution is -0.142. The van der Waals surface area contributed by atoms with Crippen molar-refractivity contribution in [1.82, 2.24) is 0 Å². The van der Waals surface area contributed by atoms with E-state index in [1.165, 1.54) is 7.11 Å². The summed E-state index contributed by atoms with van der Waals surface area (Å²) in [6.07, 6.45) is -0.0750. The van der Waals surface area contributed by atoms with Crippen molar-refractivity contribution in [2.75, 3.05) is 7.11 Å². The Bertz CT molecular complexity index is 726. The topological polar surface area (TPSA) is 43.4 Å². The lowest BCUT2D eigenvalue weighted by Gasteiger charge is -2.16. The molecular weight excluding hydrogens is 359 g/mol. The summed E-state index contributed by atoms with van der Waals surface area (Å²) in [6, 6.07) is 11.4. The molecule has 2 aromatic carbocycles. The summed E-state index contributed by atoms with van der Waals surface area (Å²) in [5.74, 6) is -1.58. The van der Waals surface area contributed by atoms with E-state index in [0.29, 0.717) is 21.2 Å². The molecule has 0 aliphatic rings. The van der Waals surface area contributed by atoms with E-state index in [2.05, 4.69) is 0 Å². The summed E-state index contributed by atoms with van der Waals surface area (Å²) in [4.78, 5) is 24.5. The monoisotopic (exact) mass is 370 g/mol. The third-order valence-electron chi connectivity index (χ3n) is 3.40. The average molecular weight is 372 g/mol. The van der Waals surface area contributed by atoms with Gasteiger partial charge in [0.05, 0.1) is 23.1 Å². The summed E-state index contributed by atoms with van der Waals surface area (Å²) in [5.41, 5.74) is 0.926.